The van der Waals surface area contributed by atoms with Gasteiger partial charge in [-0.15, -0.1) is 10.2 Å². The van der Waals surface area contributed by atoms with Gasteiger partial charge in [-0.05, 0) is 22.0 Å². The van der Waals surface area contributed by atoms with E-state index in [4.69, 9.17) is 4.42 Å². The van der Waals surface area contributed by atoms with E-state index in [1.54, 1.807) is 6.26 Å². The number of halogens is 1. The Balaban J connectivity index is 2.35. The molecule has 0 aliphatic heterocycles. The fourth-order valence-corrected chi connectivity index (χ4v) is 2.31. The van der Waals surface area contributed by atoms with Gasteiger partial charge in [0.05, 0.1) is 10.7 Å². The first-order chi connectivity index (χ1) is 8.81. The van der Waals surface area contributed by atoms with Crippen molar-refractivity contribution in [1.29, 1.82) is 0 Å². The number of aromatic nitrogens is 2. The molecule has 0 aliphatic rings. The van der Waals surface area contributed by atoms with Gasteiger partial charge in [0.15, 0.2) is 11.6 Å². The first kappa shape index (κ1) is 11.2. The van der Waals surface area contributed by atoms with Gasteiger partial charge in [-0.3, -0.25) is 0 Å². The topological polar surface area (TPSA) is 51.0 Å². The lowest BCUT2D eigenvalue weighted by molar-refractivity contribution is 0.578. The van der Waals surface area contributed by atoms with Crippen LogP contribution in [-0.2, 0) is 0 Å². The molecule has 0 saturated carbocycles. The van der Waals surface area contributed by atoms with Crippen LogP contribution in [0.2, 0.25) is 0 Å². The molecule has 0 atom stereocenters. The van der Waals surface area contributed by atoms with Gasteiger partial charge < -0.3 is 9.73 Å². The molecule has 0 bridgehead atoms. The van der Waals surface area contributed by atoms with E-state index >= 15 is 0 Å². The molecule has 0 spiro atoms. The number of rotatable bonds is 2. The van der Waals surface area contributed by atoms with Crippen LogP contribution >= 0.6 is 15.9 Å². The second-order valence-corrected chi connectivity index (χ2v) is 4.64. The Morgan fingerprint density at radius 1 is 1.11 bits per heavy atom. The van der Waals surface area contributed by atoms with Crippen LogP contribution in [0.5, 0.6) is 0 Å². The summed E-state index contributed by atoms with van der Waals surface area (Å²) in [4.78, 5) is 0. The zero-order valence-corrected chi connectivity index (χ0v) is 11.2. The molecule has 3 aromatic rings. The molecule has 3 rings (SSSR count). The molecule has 1 N–H and O–H groups in total. The molecule has 5 heteroatoms. The Hall–Kier alpha value is -1.88. The van der Waals surface area contributed by atoms with Crippen LogP contribution in [0.1, 0.15) is 0 Å². The van der Waals surface area contributed by atoms with Crippen molar-refractivity contribution in [1.82, 2.24) is 10.2 Å². The SMILES string of the molecule is CNc1nnc(-c2occc2Br)c2ccccc12. The second kappa shape index (κ2) is 4.42. The van der Waals surface area contributed by atoms with Gasteiger partial charge in [0.1, 0.15) is 5.69 Å². The molecule has 0 radical (unpaired) electrons. The molecule has 0 unspecified atom stereocenters. The normalized spacial score (nSPS) is 10.8. The van der Waals surface area contributed by atoms with Crippen LogP contribution in [0.4, 0.5) is 5.82 Å². The highest BCUT2D eigenvalue weighted by atomic mass is 79.9. The molecule has 0 fully saturated rings. The Morgan fingerprint density at radius 2 is 1.89 bits per heavy atom. The molecule has 0 amide bonds. The van der Waals surface area contributed by atoms with E-state index in [0.717, 1.165) is 26.8 Å². The number of fused-ring (bicyclic) bond motifs is 1. The van der Waals surface area contributed by atoms with Gasteiger partial charge in [0.2, 0.25) is 0 Å². The summed E-state index contributed by atoms with van der Waals surface area (Å²) in [7, 11) is 1.83. The lowest BCUT2D eigenvalue weighted by Gasteiger charge is -2.07. The van der Waals surface area contributed by atoms with Gasteiger partial charge in [0, 0.05) is 17.8 Å². The van der Waals surface area contributed by atoms with E-state index in [0.29, 0.717) is 5.76 Å². The smallest absolute Gasteiger partial charge is 0.168 e. The fourth-order valence-electron chi connectivity index (χ4n) is 1.92. The first-order valence-electron chi connectivity index (χ1n) is 5.48. The summed E-state index contributed by atoms with van der Waals surface area (Å²) in [5, 5.41) is 13.5. The van der Waals surface area contributed by atoms with E-state index < -0.39 is 0 Å². The molecule has 2 aromatic heterocycles. The van der Waals surface area contributed by atoms with Crippen molar-refractivity contribution in [3.8, 4) is 11.5 Å². The van der Waals surface area contributed by atoms with Gasteiger partial charge in [0.25, 0.3) is 0 Å². The molecule has 1 aromatic carbocycles. The minimum absolute atomic E-state index is 0.696. The molecule has 4 nitrogen and oxygen atoms in total. The third kappa shape index (κ3) is 1.67. The summed E-state index contributed by atoms with van der Waals surface area (Å²) < 4.78 is 6.34. The number of benzene rings is 1. The Bertz CT molecular complexity index is 708. The molecule has 90 valence electrons. The third-order valence-electron chi connectivity index (χ3n) is 2.76. The van der Waals surface area contributed by atoms with Crippen molar-refractivity contribution in [2.75, 3.05) is 12.4 Å². The largest absolute Gasteiger partial charge is 0.461 e. The van der Waals surface area contributed by atoms with Crippen molar-refractivity contribution >= 4 is 32.5 Å². The summed E-state index contributed by atoms with van der Waals surface area (Å²) in [5.74, 6) is 1.46. The minimum Gasteiger partial charge on any atom is -0.461 e. The third-order valence-corrected chi connectivity index (χ3v) is 3.38. The van der Waals surface area contributed by atoms with Crippen molar-refractivity contribution < 1.29 is 4.42 Å². The zero-order chi connectivity index (χ0) is 12.5. The fraction of sp³-hybridized carbons (Fsp3) is 0.0769. The minimum atomic E-state index is 0.696. The number of hydrogen-bond donors (Lipinski definition) is 1. The summed E-state index contributed by atoms with van der Waals surface area (Å²) >= 11 is 3.45. The summed E-state index contributed by atoms with van der Waals surface area (Å²) in [5.41, 5.74) is 0.737. The number of furan rings is 1. The van der Waals surface area contributed by atoms with Gasteiger partial charge >= 0.3 is 0 Å². The molecule has 0 aliphatic carbocycles. The van der Waals surface area contributed by atoms with E-state index in [-0.39, 0.29) is 0 Å². The quantitative estimate of drug-likeness (QED) is 0.784. The van der Waals surface area contributed by atoms with Crippen LogP contribution < -0.4 is 5.32 Å². The highest BCUT2D eigenvalue weighted by molar-refractivity contribution is 9.10. The van der Waals surface area contributed by atoms with Gasteiger partial charge in [-0.25, -0.2) is 0 Å². The van der Waals surface area contributed by atoms with Crippen LogP contribution in [0.15, 0.2) is 45.5 Å². The van der Waals surface area contributed by atoms with E-state index in [2.05, 4.69) is 31.4 Å². The molecule has 18 heavy (non-hydrogen) atoms. The number of hydrogen-bond acceptors (Lipinski definition) is 4. The monoisotopic (exact) mass is 303 g/mol. The maximum atomic E-state index is 5.46. The number of nitrogens with zero attached hydrogens (tertiary/aromatic N) is 2. The van der Waals surface area contributed by atoms with Crippen LogP contribution in [0.25, 0.3) is 22.2 Å². The van der Waals surface area contributed by atoms with Gasteiger partial charge in [-0.1, -0.05) is 24.3 Å². The molecular weight excluding hydrogens is 294 g/mol. The van der Waals surface area contributed by atoms with Crippen molar-refractivity contribution in [2.24, 2.45) is 0 Å². The highest BCUT2D eigenvalue weighted by Gasteiger charge is 2.14. The summed E-state index contributed by atoms with van der Waals surface area (Å²) in [6.07, 6.45) is 1.63. The maximum absolute atomic E-state index is 5.46. The standard InChI is InChI=1S/C13H10BrN3O/c1-15-13-9-5-3-2-4-8(9)11(16-17-13)12-10(14)6-7-18-12/h2-7H,1H3,(H,15,17). The van der Waals surface area contributed by atoms with Gasteiger partial charge in [-0.2, -0.15) is 0 Å². The van der Waals surface area contributed by atoms with E-state index in [1.807, 2.05) is 37.4 Å². The highest BCUT2D eigenvalue weighted by Crippen LogP contribution is 2.34. The van der Waals surface area contributed by atoms with Crippen LogP contribution in [0.3, 0.4) is 0 Å². The van der Waals surface area contributed by atoms with Crippen molar-refractivity contribution in [3.05, 3.63) is 41.1 Å². The Kier molecular flexibility index (Phi) is 2.76. The lowest BCUT2D eigenvalue weighted by atomic mass is 10.1. The zero-order valence-electron chi connectivity index (χ0n) is 9.64. The summed E-state index contributed by atoms with van der Waals surface area (Å²) in [6.45, 7) is 0. The lowest BCUT2D eigenvalue weighted by Crippen LogP contribution is -1.98. The van der Waals surface area contributed by atoms with Crippen LogP contribution in [0, 0.1) is 0 Å². The number of anilines is 1. The predicted molar refractivity (Wildman–Crippen MR) is 74.5 cm³/mol. The van der Waals surface area contributed by atoms with E-state index in [9.17, 15) is 0 Å². The maximum Gasteiger partial charge on any atom is 0.168 e. The predicted octanol–water partition coefficient (Wildman–Crippen LogP) is 3.69. The average Bonchev–Trinajstić information content (AvgIpc) is 2.83. The molecule has 0 saturated heterocycles. The first-order valence-corrected chi connectivity index (χ1v) is 6.27. The number of nitrogens with one attached hydrogen (secondary N) is 1. The second-order valence-electron chi connectivity index (χ2n) is 3.79. The Labute approximate surface area is 112 Å². The Morgan fingerprint density at radius 3 is 2.56 bits per heavy atom. The average molecular weight is 304 g/mol. The van der Waals surface area contributed by atoms with Crippen LogP contribution in [-0.4, -0.2) is 17.2 Å². The van der Waals surface area contributed by atoms with E-state index in [1.165, 1.54) is 0 Å². The van der Waals surface area contributed by atoms with Crippen molar-refractivity contribution in [3.63, 3.8) is 0 Å². The molecule has 2 heterocycles. The molecular formula is C13H10BrN3O. The summed E-state index contributed by atoms with van der Waals surface area (Å²) in [6, 6.07) is 9.82. The van der Waals surface area contributed by atoms with Crippen molar-refractivity contribution in [2.45, 2.75) is 0 Å².